The van der Waals surface area contributed by atoms with Crippen LogP contribution < -0.4 is 15.5 Å². The summed E-state index contributed by atoms with van der Waals surface area (Å²) in [7, 11) is 0. The van der Waals surface area contributed by atoms with Gasteiger partial charge in [0.2, 0.25) is 5.91 Å². The first-order chi connectivity index (χ1) is 15.5. The first-order valence-electron chi connectivity index (χ1n) is 10.0. The molecule has 11 heteroatoms. The molecule has 0 aliphatic carbocycles. The molecule has 0 bridgehead atoms. The number of benzene rings is 2. The number of hydrogen-bond acceptors (Lipinski definition) is 7. The van der Waals surface area contributed by atoms with Gasteiger partial charge >= 0.3 is 6.09 Å². The number of hydrogen-bond donors (Lipinski definition) is 2. The van der Waals surface area contributed by atoms with Gasteiger partial charge < -0.3 is 10.1 Å². The third-order valence-electron chi connectivity index (χ3n) is 4.98. The number of nitrogens with zero attached hydrogens (tertiary/aromatic N) is 5. The van der Waals surface area contributed by atoms with Crippen LogP contribution in [-0.4, -0.2) is 51.4 Å². The number of halogens is 1. The second-order valence-corrected chi connectivity index (χ2v) is 7.35. The molecule has 4 rings (SSSR count). The quantitative estimate of drug-likeness (QED) is 0.549. The maximum Gasteiger partial charge on any atom is 0.414 e. The highest BCUT2D eigenvalue weighted by atomic mass is 19.1. The highest BCUT2D eigenvalue weighted by molar-refractivity contribution is 5.90. The standard InChI is InChI=1S/C21H22FN7O3/c1-14(30)24-10-18-11-29(21(31)32-18)17-6-7-19(20(22)8-17)16-4-2-15(3-5-16)9-23-12-28-13-25-26-27-28/h2-8,13,18,23H,9-12H2,1H3,(H,24,30)/t18-/m0/s1. The highest BCUT2D eigenvalue weighted by Gasteiger charge is 2.32. The van der Waals surface area contributed by atoms with Crippen LogP contribution in [0.2, 0.25) is 0 Å². The second-order valence-electron chi connectivity index (χ2n) is 7.35. The summed E-state index contributed by atoms with van der Waals surface area (Å²) in [4.78, 5) is 24.6. The summed E-state index contributed by atoms with van der Waals surface area (Å²) in [5.41, 5.74) is 2.60. The predicted octanol–water partition coefficient (Wildman–Crippen LogP) is 1.69. The third-order valence-corrected chi connectivity index (χ3v) is 4.98. The average Bonchev–Trinajstić information content (AvgIpc) is 3.42. The number of carbonyl (C=O) groups is 2. The largest absolute Gasteiger partial charge is 0.442 e. The van der Waals surface area contributed by atoms with Gasteiger partial charge in [-0.05, 0) is 39.8 Å². The summed E-state index contributed by atoms with van der Waals surface area (Å²) in [5.74, 6) is -0.644. The van der Waals surface area contributed by atoms with Gasteiger partial charge in [-0.3, -0.25) is 15.0 Å². The number of aromatic nitrogens is 4. The van der Waals surface area contributed by atoms with Crippen LogP contribution in [0.1, 0.15) is 12.5 Å². The summed E-state index contributed by atoms with van der Waals surface area (Å²) in [6, 6.07) is 12.2. The molecule has 3 aromatic rings. The fourth-order valence-corrected chi connectivity index (χ4v) is 3.37. The number of cyclic esters (lactones) is 1. The van der Waals surface area contributed by atoms with E-state index in [2.05, 4.69) is 26.2 Å². The summed E-state index contributed by atoms with van der Waals surface area (Å²) in [5, 5.41) is 16.7. The fourth-order valence-electron chi connectivity index (χ4n) is 3.37. The molecule has 166 valence electrons. The van der Waals surface area contributed by atoms with Gasteiger partial charge in [0.25, 0.3) is 0 Å². The Bertz CT molecular complexity index is 1090. The number of tetrazole rings is 1. The smallest absolute Gasteiger partial charge is 0.414 e. The molecule has 32 heavy (non-hydrogen) atoms. The van der Waals surface area contributed by atoms with E-state index in [0.717, 1.165) is 11.1 Å². The lowest BCUT2D eigenvalue weighted by Gasteiger charge is -2.15. The summed E-state index contributed by atoms with van der Waals surface area (Å²) in [6.07, 6.45) is 0.482. The van der Waals surface area contributed by atoms with Crippen LogP contribution in [0.3, 0.4) is 0 Å². The zero-order valence-electron chi connectivity index (χ0n) is 17.4. The minimum atomic E-state index is -0.564. The molecule has 0 spiro atoms. The fraction of sp³-hybridized carbons (Fsp3) is 0.286. The Morgan fingerprint density at radius 3 is 2.75 bits per heavy atom. The predicted molar refractivity (Wildman–Crippen MR) is 113 cm³/mol. The van der Waals surface area contributed by atoms with Crippen molar-refractivity contribution in [3.8, 4) is 11.1 Å². The van der Waals surface area contributed by atoms with Gasteiger partial charge in [0.1, 0.15) is 18.2 Å². The van der Waals surface area contributed by atoms with Gasteiger partial charge in [0.15, 0.2) is 0 Å². The molecular formula is C21H22FN7O3. The van der Waals surface area contributed by atoms with Gasteiger partial charge in [-0.25, -0.2) is 13.9 Å². The molecule has 1 atom stereocenters. The van der Waals surface area contributed by atoms with Crippen molar-refractivity contribution in [2.75, 3.05) is 18.0 Å². The van der Waals surface area contributed by atoms with E-state index in [1.54, 1.807) is 16.8 Å². The molecule has 1 saturated heterocycles. The molecule has 10 nitrogen and oxygen atoms in total. The van der Waals surface area contributed by atoms with E-state index in [0.29, 0.717) is 24.5 Å². The van der Waals surface area contributed by atoms with Crippen LogP contribution in [0.25, 0.3) is 11.1 Å². The van der Waals surface area contributed by atoms with E-state index >= 15 is 0 Å². The second kappa shape index (κ2) is 9.52. The van der Waals surface area contributed by atoms with Crippen molar-refractivity contribution in [2.45, 2.75) is 26.2 Å². The third kappa shape index (κ3) is 5.06. The van der Waals surface area contributed by atoms with Gasteiger partial charge in [0.05, 0.1) is 25.4 Å². The van der Waals surface area contributed by atoms with E-state index in [1.165, 1.54) is 24.2 Å². The topological polar surface area (TPSA) is 114 Å². The van der Waals surface area contributed by atoms with Crippen LogP contribution >= 0.6 is 0 Å². The molecule has 2 aromatic carbocycles. The maximum atomic E-state index is 14.9. The molecular weight excluding hydrogens is 417 g/mol. The molecule has 2 N–H and O–H groups in total. The van der Waals surface area contributed by atoms with Crippen LogP contribution in [0.4, 0.5) is 14.9 Å². The van der Waals surface area contributed by atoms with E-state index < -0.39 is 18.0 Å². The Kier molecular flexibility index (Phi) is 6.36. The number of amides is 2. The number of rotatable bonds is 8. The van der Waals surface area contributed by atoms with Crippen molar-refractivity contribution in [3.63, 3.8) is 0 Å². The molecule has 0 radical (unpaired) electrons. The summed E-state index contributed by atoms with van der Waals surface area (Å²) in [6.45, 7) is 2.94. The Labute approximate surface area is 183 Å². The van der Waals surface area contributed by atoms with E-state index in [9.17, 15) is 14.0 Å². The molecule has 0 saturated carbocycles. The van der Waals surface area contributed by atoms with Crippen molar-refractivity contribution in [3.05, 3.63) is 60.2 Å². The Morgan fingerprint density at radius 1 is 1.25 bits per heavy atom. The lowest BCUT2D eigenvalue weighted by molar-refractivity contribution is -0.119. The molecule has 2 heterocycles. The Balaban J connectivity index is 1.38. The lowest BCUT2D eigenvalue weighted by atomic mass is 10.0. The molecule has 2 amide bonds. The van der Waals surface area contributed by atoms with Gasteiger partial charge in [-0.2, -0.15) is 0 Å². The van der Waals surface area contributed by atoms with Gasteiger partial charge in [-0.15, -0.1) is 5.10 Å². The van der Waals surface area contributed by atoms with Crippen LogP contribution in [0.15, 0.2) is 48.8 Å². The summed E-state index contributed by atoms with van der Waals surface area (Å²) >= 11 is 0. The zero-order chi connectivity index (χ0) is 22.5. The van der Waals surface area contributed by atoms with Crippen LogP contribution in [-0.2, 0) is 22.7 Å². The SMILES string of the molecule is CC(=O)NC[C@H]1CN(c2ccc(-c3ccc(CNCn4cnnn4)cc3)c(F)c2)C(=O)O1. The van der Waals surface area contributed by atoms with Crippen molar-refractivity contribution in [1.29, 1.82) is 0 Å². The molecule has 1 aliphatic heterocycles. The monoisotopic (exact) mass is 439 g/mol. The molecule has 1 aromatic heterocycles. The van der Waals surface area contributed by atoms with E-state index in [4.69, 9.17) is 4.74 Å². The van der Waals surface area contributed by atoms with Crippen LogP contribution in [0.5, 0.6) is 0 Å². The lowest BCUT2D eigenvalue weighted by Crippen LogP contribution is -2.33. The van der Waals surface area contributed by atoms with Crippen molar-refractivity contribution in [2.24, 2.45) is 0 Å². The van der Waals surface area contributed by atoms with Crippen molar-refractivity contribution >= 4 is 17.7 Å². The van der Waals surface area contributed by atoms with Crippen molar-refractivity contribution < 1.29 is 18.7 Å². The summed E-state index contributed by atoms with van der Waals surface area (Å²) < 4.78 is 21.7. The minimum absolute atomic E-state index is 0.204. The highest BCUT2D eigenvalue weighted by Crippen LogP contribution is 2.29. The Morgan fingerprint density at radius 2 is 2.06 bits per heavy atom. The number of anilines is 1. The van der Waals surface area contributed by atoms with Gasteiger partial charge in [0, 0.05) is 19.0 Å². The van der Waals surface area contributed by atoms with E-state index in [1.807, 2.05) is 24.3 Å². The normalized spacial score (nSPS) is 15.6. The van der Waals surface area contributed by atoms with Crippen molar-refractivity contribution in [1.82, 2.24) is 30.8 Å². The number of ether oxygens (including phenoxy) is 1. The zero-order valence-corrected chi connectivity index (χ0v) is 17.4. The van der Waals surface area contributed by atoms with Crippen LogP contribution in [0, 0.1) is 5.82 Å². The maximum absolute atomic E-state index is 14.9. The first-order valence-corrected chi connectivity index (χ1v) is 10.0. The van der Waals surface area contributed by atoms with Gasteiger partial charge in [-0.1, -0.05) is 24.3 Å². The average molecular weight is 439 g/mol. The minimum Gasteiger partial charge on any atom is -0.442 e. The molecule has 0 unspecified atom stereocenters. The Hall–Kier alpha value is -3.86. The molecule has 1 aliphatic rings. The number of carbonyl (C=O) groups excluding carboxylic acids is 2. The van der Waals surface area contributed by atoms with E-state index in [-0.39, 0.29) is 19.0 Å². The number of nitrogens with one attached hydrogen (secondary N) is 2. The molecule has 1 fully saturated rings. The first kappa shape index (κ1) is 21.4.